The Kier molecular flexibility index (Phi) is 4.02. The summed E-state index contributed by atoms with van der Waals surface area (Å²) in [6, 6.07) is 9.36. The molecule has 2 fully saturated rings. The molecule has 3 rings (SSSR count). The SMILES string of the molecule is O=C(O)CC1(NC(=O)OCc2ccccc2)C[C@@H]2COC[C@@H]21. The third-order valence-electron chi connectivity index (χ3n) is 4.57. The standard InChI is InChI=1S/C16H19NO5/c18-14(19)7-16(6-12-9-21-10-13(12)16)17-15(20)22-8-11-4-2-1-3-5-11/h1-5,12-13H,6-10H2,(H,17,20)(H,18,19)/t12-,13+,16?/m1/s1. The van der Waals surface area contributed by atoms with E-state index in [2.05, 4.69) is 5.32 Å². The van der Waals surface area contributed by atoms with Crippen molar-refractivity contribution in [2.24, 2.45) is 11.8 Å². The number of fused-ring (bicyclic) bond motifs is 1. The summed E-state index contributed by atoms with van der Waals surface area (Å²) >= 11 is 0. The predicted octanol–water partition coefficient (Wildman–Crippen LogP) is 1.79. The van der Waals surface area contributed by atoms with Gasteiger partial charge in [0.15, 0.2) is 0 Å². The molecule has 3 atom stereocenters. The van der Waals surface area contributed by atoms with E-state index in [1.54, 1.807) is 0 Å². The highest BCUT2D eigenvalue weighted by Crippen LogP contribution is 2.49. The van der Waals surface area contributed by atoms with Gasteiger partial charge in [-0.1, -0.05) is 30.3 Å². The number of hydrogen-bond acceptors (Lipinski definition) is 4. The van der Waals surface area contributed by atoms with E-state index in [0.717, 1.165) is 5.56 Å². The first-order chi connectivity index (χ1) is 10.6. The monoisotopic (exact) mass is 305 g/mol. The number of rotatable bonds is 5. The van der Waals surface area contributed by atoms with Crippen molar-refractivity contribution >= 4 is 12.1 Å². The Labute approximate surface area is 128 Å². The van der Waals surface area contributed by atoms with Gasteiger partial charge in [0.05, 0.1) is 18.6 Å². The summed E-state index contributed by atoms with van der Waals surface area (Å²) in [4.78, 5) is 23.2. The molecule has 6 nitrogen and oxygen atoms in total. The van der Waals surface area contributed by atoms with Crippen molar-refractivity contribution in [3.05, 3.63) is 35.9 Å². The van der Waals surface area contributed by atoms with Crippen LogP contribution in [0.2, 0.25) is 0 Å². The molecule has 1 saturated carbocycles. The Morgan fingerprint density at radius 2 is 2.09 bits per heavy atom. The molecule has 0 radical (unpaired) electrons. The Morgan fingerprint density at radius 1 is 1.32 bits per heavy atom. The van der Waals surface area contributed by atoms with Crippen LogP contribution >= 0.6 is 0 Å². The number of carboxylic acid groups (broad SMARTS) is 1. The Hall–Kier alpha value is -2.08. The second-order valence-electron chi connectivity index (χ2n) is 6.02. The number of amides is 1. The highest BCUT2D eigenvalue weighted by molar-refractivity contribution is 5.73. The summed E-state index contributed by atoms with van der Waals surface area (Å²) in [5, 5.41) is 11.9. The average molecular weight is 305 g/mol. The normalized spacial score (nSPS) is 29.3. The maximum Gasteiger partial charge on any atom is 0.407 e. The summed E-state index contributed by atoms with van der Waals surface area (Å²) < 4.78 is 10.6. The number of alkyl carbamates (subject to hydrolysis) is 1. The minimum Gasteiger partial charge on any atom is -0.481 e. The number of carbonyl (C=O) groups is 2. The van der Waals surface area contributed by atoms with Crippen LogP contribution in [-0.2, 0) is 20.9 Å². The Balaban J connectivity index is 1.59. The summed E-state index contributed by atoms with van der Waals surface area (Å²) in [6.45, 7) is 1.31. The molecule has 1 aliphatic carbocycles. The van der Waals surface area contributed by atoms with Crippen molar-refractivity contribution < 1.29 is 24.2 Å². The van der Waals surface area contributed by atoms with Crippen molar-refractivity contribution in [2.45, 2.75) is 25.0 Å². The quantitative estimate of drug-likeness (QED) is 0.866. The molecular formula is C16H19NO5. The van der Waals surface area contributed by atoms with Gasteiger partial charge < -0.3 is 19.9 Å². The first-order valence-electron chi connectivity index (χ1n) is 7.37. The van der Waals surface area contributed by atoms with Crippen molar-refractivity contribution in [3.8, 4) is 0 Å². The molecule has 2 N–H and O–H groups in total. The third kappa shape index (κ3) is 2.92. The summed E-state index contributed by atoms with van der Waals surface area (Å²) in [6.07, 6.45) is -0.0435. The number of ether oxygens (including phenoxy) is 2. The lowest BCUT2D eigenvalue weighted by molar-refractivity contribution is -0.141. The smallest absolute Gasteiger partial charge is 0.407 e. The summed E-state index contributed by atoms with van der Waals surface area (Å²) in [5.41, 5.74) is 0.154. The van der Waals surface area contributed by atoms with Gasteiger partial charge in [0.25, 0.3) is 0 Å². The highest BCUT2D eigenvalue weighted by atomic mass is 16.5. The van der Waals surface area contributed by atoms with E-state index in [4.69, 9.17) is 14.6 Å². The molecule has 0 spiro atoms. The Bertz CT molecular complexity index is 561. The lowest BCUT2D eigenvalue weighted by atomic mass is 9.59. The maximum absolute atomic E-state index is 12.0. The lowest BCUT2D eigenvalue weighted by Crippen LogP contribution is -2.65. The lowest BCUT2D eigenvalue weighted by Gasteiger charge is -2.50. The van der Waals surface area contributed by atoms with Gasteiger partial charge in [-0.3, -0.25) is 4.79 Å². The van der Waals surface area contributed by atoms with Gasteiger partial charge in [-0.05, 0) is 17.9 Å². The minimum atomic E-state index is -0.922. The molecule has 1 saturated heterocycles. The van der Waals surface area contributed by atoms with Gasteiger partial charge in [0.2, 0.25) is 0 Å². The van der Waals surface area contributed by atoms with Crippen LogP contribution in [-0.4, -0.2) is 35.9 Å². The number of nitrogens with one attached hydrogen (secondary N) is 1. The molecular weight excluding hydrogens is 286 g/mol. The molecule has 1 aromatic carbocycles. The van der Waals surface area contributed by atoms with E-state index in [1.165, 1.54) is 0 Å². The third-order valence-corrected chi connectivity index (χ3v) is 4.57. The molecule has 1 unspecified atom stereocenters. The van der Waals surface area contributed by atoms with E-state index in [-0.39, 0.29) is 18.9 Å². The molecule has 1 heterocycles. The van der Waals surface area contributed by atoms with Crippen LogP contribution in [0.1, 0.15) is 18.4 Å². The van der Waals surface area contributed by atoms with Crippen LogP contribution in [0.25, 0.3) is 0 Å². The molecule has 1 amide bonds. The molecule has 0 bridgehead atoms. The average Bonchev–Trinajstić information content (AvgIpc) is 2.88. The van der Waals surface area contributed by atoms with Gasteiger partial charge in [-0.15, -0.1) is 0 Å². The number of hydrogen-bond donors (Lipinski definition) is 2. The van der Waals surface area contributed by atoms with Crippen LogP contribution in [0.4, 0.5) is 4.79 Å². The van der Waals surface area contributed by atoms with Gasteiger partial charge in [-0.2, -0.15) is 0 Å². The van der Waals surface area contributed by atoms with E-state index < -0.39 is 17.6 Å². The van der Waals surface area contributed by atoms with Gasteiger partial charge in [-0.25, -0.2) is 4.79 Å². The van der Waals surface area contributed by atoms with Crippen LogP contribution in [0.3, 0.4) is 0 Å². The van der Waals surface area contributed by atoms with Gasteiger partial charge in [0, 0.05) is 12.5 Å². The highest BCUT2D eigenvalue weighted by Gasteiger charge is 2.58. The van der Waals surface area contributed by atoms with E-state index in [9.17, 15) is 9.59 Å². The second kappa shape index (κ2) is 5.96. The van der Waals surface area contributed by atoms with Crippen molar-refractivity contribution in [1.82, 2.24) is 5.32 Å². The van der Waals surface area contributed by atoms with E-state index in [1.807, 2.05) is 30.3 Å². The number of carbonyl (C=O) groups excluding carboxylic acids is 1. The van der Waals surface area contributed by atoms with Crippen LogP contribution in [0, 0.1) is 11.8 Å². The number of carboxylic acids is 1. The number of benzene rings is 1. The molecule has 0 aromatic heterocycles. The first-order valence-corrected chi connectivity index (χ1v) is 7.37. The minimum absolute atomic E-state index is 0.0628. The molecule has 22 heavy (non-hydrogen) atoms. The number of aliphatic carboxylic acids is 1. The fraction of sp³-hybridized carbons (Fsp3) is 0.500. The van der Waals surface area contributed by atoms with Crippen LogP contribution in [0.5, 0.6) is 0 Å². The molecule has 6 heteroatoms. The van der Waals surface area contributed by atoms with Gasteiger partial charge in [0.1, 0.15) is 6.61 Å². The van der Waals surface area contributed by atoms with E-state index >= 15 is 0 Å². The fourth-order valence-corrected chi connectivity index (χ4v) is 3.49. The van der Waals surface area contributed by atoms with Crippen molar-refractivity contribution in [3.63, 3.8) is 0 Å². The van der Waals surface area contributed by atoms with Gasteiger partial charge >= 0.3 is 12.1 Å². The largest absolute Gasteiger partial charge is 0.481 e. The molecule has 2 aliphatic rings. The van der Waals surface area contributed by atoms with Crippen LogP contribution in [0.15, 0.2) is 30.3 Å². The molecule has 1 aromatic rings. The fourth-order valence-electron chi connectivity index (χ4n) is 3.49. The summed E-state index contributed by atoms with van der Waals surface area (Å²) in [7, 11) is 0. The second-order valence-corrected chi connectivity index (χ2v) is 6.02. The topological polar surface area (TPSA) is 84.9 Å². The van der Waals surface area contributed by atoms with Crippen molar-refractivity contribution in [1.29, 1.82) is 0 Å². The van der Waals surface area contributed by atoms with Crippen molar-refractivity contribution in [2.75, 3.05) is 13.2 Å². The first kappa shape index (κ1) is 14.8. The predicted molar refractivity (Wildman–Crippen MR) is 77.2 cm³/mol. The zero-order valence-electron chi connectivity index (χ0n) is 12.2. The molecule has 1 aliphatic heterocycles. The Morgan fingerprint density at radius 3 is 2.77 bits per heavy atom. The maximum atomic E-state index is 12.0. The van der Waals surface area contributed by atoms with Crippen LogP contribution < -0.4 is 5.32 Å². The zero-order valence-corrected chi connectivity index (χ0v) is 12.2. The van der Waals surface area contributed by atoms with E-state index in [0.29, 0.717) is 25.6 Å². The summed E-state index contributed by atoms with van der Waals surface area (Å²) in [5.74, 6) is -0.518. The molecule has 118 valence electrons. The zero-order chi connectivity index (χ0) is 15.6.